The van der Waals surface area contributed by atoms with Crippen LogP contribution in [0.5, 0.6) is 11.5 Å². The van der Waals surface area contributed by atoms with E-state index < -0.39 is 6.17 Å². The summed E-state index contributed by atoms with van der Waals surface area (Å²) in [4.78, 5) is 31.3. The van der Waals surface area contributed by atoms with Crippen molar-refractivity contribution in [3.63, 3.8) is 0 Å². The van der Waals surface area contributed by atoms with E-state index in [0.29, 0.717) is 46.4 Å². The summed E-state index contributed by atoms with van der Waals surface area (Å²) in [6, 6.07) is 13.0. The highest BCUT2D eigenvalue weighted by Crippen LogP contribution is 2.40. The van der Waals surface area contributed by atoms with Gasteiger partial charge in [0.1, 0.15) is 0 Å². The van der Waals surface area contributed by atoms with Crippen LogP contribution in [-0.2, 0) is 4.79 Å². The van der Waals surface area contributed by atoms with Gasteiger partial charge in [-0.3, -0.25) is 14.6 Å². The minimum absolute atomic E-state index is 0.0347. The van der Waals surface area contributed by atoms with E-state index in [1.54, 1.807) is 9.58 Å². The molecular formula is C23H23N4O4S+. The predicted octanol–water partition coefficient (Wildman–Crippen LogP) is 3.26. The topological polar surface area (TPSA) is 88.4 Å². The summed E-state index contributed by atoms with van der Waals surface area (Å²) in [6.45, 7) is 4.13. The van der Waals surface area contributed by atoms with Gasteiger partial charge in [-0.25, -0.2) is 4.90 Å². The lowest BCUT2D eigenvalue weighted by molar-refractivity contribution is -0.763. The third-order valence-electron chi connectivity index (χ3n) is 5.47. The molecule has 1 aromatic heterocycles. The Labute approximate surface area is 189 Å². The number of nitrogens with zero attached hydrogens (tertiary/aromatic N) is 3. The zero-order valence-electron chi connectivity index (χ0n) is 17.8. The number of thioether (sulfide) groups is 1. The molecule has 32 heavy (non-hydrogen) atoms. The first-order valence-electron chi connectivity index (χ1n) is 10.6. The number of para-hydroxylation sites is 1. The third-order valence-corrected chi connectivity index (χ3v) is 6.21. The van der Waals surface area contributed by atoms with Crippen molar-refractivity contribution >= 4 is 23.4 Å². The molecule has 0 fully saturated rings. The second-order valence-corrected chi connectivity index (χ2v) is 8.76. The van der Waals surface area contributed by atoms with E-state index >= 15 is 0 Å². The highest BCUT2D eigenvalue weighted by molar-refractivity contribution is 7.99. The smallest absolute Gasteiger partial charge is 0.325 e. The lowest BCUT2D eigenvalue weighted by Gasteiger charge is -2.32. The number of amides is 1. The van der Waals surface area contributed by atoms with Crippen molar-refractivity contribution in [2.24, 2.45) is 0 Å². The number of hydrogen-bond donors (Lipinski definition) is 1. The van der Waals surface area contributed by atoms with Gasteiger partial charge in [-0.15, -0.1) is 0 Å². The fourth-order valence-electron chi connectivity index (χ4n) is 4.15. The highest BCUT2D eigenvalue weighted by atomic mass is 32.2. The molecule has 2 aliphatic rings. The van der Waals surface area contributed by atoms with Crippen LogP contribution in [-0.4, -0.2) is 28.5 Å². The van der Waals surface area contributed by atoms with Crippen LogP contribution in [0.25, 0.3) is 11.3 Å². The van der Waals surface area contributed by atoms with Crippen LogP contribution in [0.4, 0.5) is 5.69 Å². The zero-order valence-corrected chi connectivity index (χ0v) is 18.6. The summed E-state index contributed by atoms with van der Waals surface area (Å²) in [5.41, 5.74) is 2.33. The monoisotopic (exact) mass is 451 g/mol. The van der Waals surface area contributed by atoms with Gasteiger partial charge in [0.05, 0.1) is 11.3 Å². The van der Waals surface area contributed by atoms with Crippen LogP contribution < -0.4 is 24.6 Å². The number of rotatable bonds is 5. The summed E-state index contributed by atoms with van der Waals surface area (Å²) in [5, 5.41) is 5.27. The molecule has 2 aliphatic heterocycles. The molecule has 2 aromatic carbocycles. The Morgan fingerprint density at radius 2 is 2.03 bits per heavy atom. The lowest BCUT2D eigenvalue weighted by atomic mass is 10.0. The van der Waals surface area contributed by atoms with Gasteiger partial charge in [0.15, 0.2) is 11.5 Å². The second kappa shape index (κ2) is 8.31. The Bertz CT molecular complexity index is 1260. The molecule has 1 amide bonds. The largest absolute Gasteiger partial charge is 0.454 e. The van der Waals surface area contributed by atoms with Gasteiger partial charge in [0.2, 0.25) is 17.9 Å². The van der Waals surface area contributed by atoms with Crippen LogP contribution in [0.3, 0.4) is 0 Å². The summed E-state index contributed by atoms with van der Waals surface area (Å²) in [6.07, 6.45) is 0.458. The number of ether oxygens (including phenoxy) is 2. The van der Waals surface area contributed by atoms with Crippen molar-refractivity contribution in [2.75, 3.05) is 17.4 Å². The average molecular weight is 452 g/mol. The molecule has 0 spiro atoms. The normalized spacial score (nSPS) is 15.9. The molecular weight excluding hydrogens is 428 g/mol. The van der Waals surface area contributed by atoms with Crippen LogP contribution in [0.15, 0.2) is 52.4 Å². The van der Waals surface area contributed by atoms with Crippen LogP contribution in [0.1, 0.15) is 38.4 Å². The second-order valence-electron chi connectivity index (χ2n) is 7.50. The predicted molar refractivity (Wildman–Crippen MR) is 120 cm³/mol. The lowest BCUT2D eigenvalue weighted by Crippen LogP contribution is -2.60. The molecule has 0 saturated heterocycles. The van der Waals surface area contributed by atoms with Gasteiger partial charge < -0.3 is 9.47 Å². The van der Waals surface area contributed by atoms with E-state index in [4.69, 9.17) is 14.6 Å². The van der Waals surface area contributed by atoms with E-state index in [0.717, 1.165) is 11.3 Å². The number of aromatic nitrogens is 3. The van der Waals surface area contributed by atoms with Crippen molar-refractivity contribution in [1.29, 1.82) is 0 Å². The van der Waals surface area contributed by atoms with Crippen molar-refractivity contribution in [3.8, 4) is 22.8 Å². The van der Waals surface area contributed by atoms with E-state index in [1.165, 1.54) is 11.8 Å². The molecule has 1 N–H and O–H groups in total. The fourth-order valence-corrected chi connectivity index (χ4v) is 4.74. The highest BCUT2D eigenvalue weighted by Gasteiger charge is 2.45. The number of carbonyl (C=O) groups is 1. The van der Waals surface area contributed by atoms with Crippen LogP contribution in [0, 0.1) is 0 Å². The minimum Gasteiger partial charge on any atom is -0.454 e. The SMILES string of the molecule is CCCC(=O)N1c2ccccc2-c2c(=O)[nH]c(SCC)n[n+]2[C@H]1c1ccc2c(c1)OCO2. The molecule has 0 radical (unpaired) electrons. The number of nitrogens with one attached hydrogen (secondary N) is 1. The van der Waals surface area contributed by atoms with Crippen LogP contribution >= 0.6 is 11.8 Å². The Morgan fingerprint density at radius 3 is 2.84 bits per heavy atom. The first-order chi connectivity index (χ1) is 15.6. The van der Waals surface area contributed by atoms with E-state index in [9.17, 15) is 9.59 Å². The summed E-state index contributed by atoms with van der Waals surface area (Å²) in [7, 11) is 0. The third kappa shape index (κ3) is 3.33. The molecule has 0 saturated carbocycles. The van der Waals surface area contributed by atoms with Crippen molar-refractivity contribution < 1.29 is 19.0 Å². The van der Waals surface area contributed by atoms with Gasteiger partial charge in [0, 0.05) is 17.1 Å². The minimum atomic E-state index is -0.632. The number of anilines is 1. The Kier molecular flexibility index (Phi) is 5.34. The van der Waals surface area contributed by atoms with Gasteiger partial charge >= 0.3 is 11.3 Å². The number of H-pyrrole nitrogens is 1. The first kappa shape index (κ1) is 20.6. The number of hydrogen-bond acceptors (Lipinski definition) is 6. The molecule has 164 valence electrons. The first-order valence-corrected chi connectivity index (χ1v) is 11.6. The molecule has 5 rings (SSSR count). The van der Waals surface area contributed by atoms with Gasteiger partial charge in [-0.2, -0.15) is 0 Å². The van der Waals surface area contributed by atoms with Crippen molar-refractivity contribution in [3.05, 3.63) is 58.4 Å². The van der Waals surface area contributed by atoms with Gasteiger partial charge in [-0.05, 0) is 47.2 Å². The van der Waals surface area contributed by atoms with E-state index in [2.05, 4.69) is 4.98 Å². The molecule has 3 heterocycles. The summed E-state index contributed by atoms with van der Waals surface area (Å²) in [5.74, 6) is 1.99. The molecule has 8 nitrogen and oxygen atoms in total. The number of fused-ring (bicyclic) bond motifs is 4. The maximum absolute atomic E-state index is 13.4. The Morgan fingerprint density at radius 1 is 1.22 bits per heavy atom. The van der Waals surface area contributed by atoms with Gasteiger partial charge in [-0.1, -0.05) is 37.7 Å². The maximum Gasteiger partial charge on any atom is 0.325 e. The number of aromatic amines is 1. The Hall–Kier alpha value is -3.33. The molecule has 3 aromatic rings. The van der Waals surface area contributed by atoms with E-state index in [-0.39, 0.29) is 18.3 Å². The quantitative estimate of drug-likeness (QED) is 0.473. The Balaban J connectivity index is 1.79. The van der Waals surface area contributed by atoms with Crippen molar-refractivity contribution in [2.45, 2.75) is 38.0 Å². The molecule has 0 aliphatic carbocycles. The molecule has 0 unspecified atom stereocenters. The number of carbonyl (C=O) groups excluding carboxylic acids is 1. The van der Waals surface area contributed by atoms with E-state index in [1.807, 2.05) is 56.3 Å². The van der Waals surface area contributed by atoms with Crippen molar-refractivity contribution in [1.82, 2.24) is 10.1 Å². The molecule has 9 heteroatoms. The summed E-state index contributed by atoms with van der Waals surface area (Å²) < 4.78 is 12.7. The molecule has 0 bridgehead atoms. The zero-order chi connectivity index (χ0) is 22.2. The summed E-state index contributed by atoms with van der Waals surface area (Å²) >= 11 is 1.45. The standard InChI is InChI=1S/C23H22N4O4S/c1-3-7-19(28)26-16-9-6-5-8-15(16)20-21(29)24-23(32-4-2)25-27(20)22(26)14-10-11-17-18(12-14)31-13-30-17/h5-6,8-12,22H,3-4,7,13H2,1-2H3/p+1/t22-/m0/s1. The number of benzene rings is 2. The fraction of sp³-hybridized carbons (Fsp3) is 0.304. The average Bonchev–Trinajstić information content (AvgIpc) is 3.26. The van der Waals surface area contributed by atoms with Gasteiger partial charge in [0.25, 0.3) is 6.17 Å². The maximum atomic E-state index is 13.4. The molecule has 1 atom stereocenters. The van der Waals surface area contributed by atoms with Crippen LogP contribution in [0.2, 0.25) is 0 Å².